The number of anilines is 1. The molecule has 1 N–H and O–H groups in total. The van der Waals surface area contributed by atoms with E-state index in [0.29, 0.717) is 45.0 Å². The van der Waals surface area contributed by atoms with E-state index in [1.54, 1.807) is 28.9 Å². The van der Waals surface area contributed by atoms with Crippen molar-refractivity contribution >= 4 is 5.82 Å². The van der Waals surface area contributed by atoms with E-state index >= 15 is 0 Å². The summed E-state index contributed by atoms with van der Waals surface area (Å²) in [5.74, 6) is 0.379. The lowest BCUT2D eigenvalue weighted by molar-refractivity contribution is -0.0573. The molecular weight excluding hydrogens is 246 g/mol. The first-order valence-corrected chi connectivity index (χ1v) is 6.62. The molecule has 1 aliphatic rings. The monoisotopic (exact) mass is 267 g/mol. The zero-order valence-electron chi connectivity index (χ0n) is 11.5. The molecule has 0 spiro atoms. The molecule has 0 bridgehead atoms. The first-order valence-electron chi connectivity index (χ1n) is 6.62. The summed E-state index contributed by atoms with van der Waals surface area (Å²) in [4.78, 5) is 18.0. The lowest BCUT2D eigenvalue weighted by Crippen LogP contribution is -2.47. The lowest BCUT2D eigenvalue weighted by Gasteiger charge is -2.35. The molecule has 19 heavy (non-hydrogen) atoms. The minimum atomic E-state index is -0.798. The molecule has 0 atom stereocenters. The fraction of sp³-hybridized carbons (Fsp3) is 0.692. The number of rotatable bonds is 4. The Morgan fingerprint density at radius 3 is 2.84 bits per heavy atom. The third-order valence-electron chi connectivity index (χ3n) is 3.55. The van der Waals surface area contributed by atoms with Crippen LogP contribution in [-0.4, -0.2) is 47.1 Å². The number of aliphatic hydroxyl groups is 1. The van der Waals surface area contributed by atoms with E-state index in [9.17, 15) is 9.90 Å². The van der Waals surface area contributed by atoms with Crippen molar-refractivity contribution in [2.75, 3.05) is 31.7 Å². The van der Waals surface area contributed by atoms with Crippen LogP contribution in [0.1, 0.15) is 19.8 Å². The summed E-state index contributed by atoms with van der Waals surface area (Å²) < 4.78 is 6.86. The standard InChI is InChI=1S/C13H21N3O3/c1-3-16-7-6-14-11(12(16)17)15(2)10-13(18)4-8-19-9-5-13/h6-7,18H,3-5,8-10H2,1-2H3. The molecule has 1 aliphatic heterocycles. The quantitative estimate of drug-likeness (QED) is 0.846. The van der Waals surface area contributed by atoms with Gasteiger partial charge in [-0.25, -0.2) is 4.98 Å². The third-order valence-corrected chi connectivity index (χ3v) is 3.55. The van der Waals surface area contributed by atoms with Crippen LogP contribution in [0, 0.1) is 0 Å². The molecule has 0 radical (unpaired) electrons. The molecule has 1 fully saturated rings. The third kappa shape index (κ3) is 3.13. The highest BCUT2D eigenvalue weighted by Gasteiger charge is 2.32. The van der Waals surface area contributed by atoms with Gasteiger partial charge < -0.3 is 19.3 Å². The molecule has 0 amide bonds. The van der Waals surface area contributed by atoms with E-state index in [1.165, 1.54) is 0 Å². The smallest absolute Gasteiger partial charge is 0.293 e. The van der Waals surface area contributed by atoms with Crippen LogP contribution < -0.4 is 10.5 Å². The number of hydrogen-bond acceptors (Lipinski definition) is 5. The number of aromatic nitrogens is 2. The van der Waals surface area contributed by atoms with Crippen LogP contribution in [0.15, 0.2) is 17.2 Å². The van der Waals surface area contributed by atoms with Crippen molar-refractivity contribution in [2.24, 2.45) is 0 Å². The molecule has 0 unspecified atom stereocenters. The predicted octanol–water partition coefficient (Wildman–Crippen LogP) is 0.241. The maximum Gasteiger partial charge on any atom is 0.293 e. The number of nitrogens with zero attached hydrogens (tertiary/aromatic N) is 3. The van der Waals surface area contributed by atoms with Crippen LogP contribution >= 0.6 is 0 Å². The van der Waals surface area contributed by atoms with Gasteiger partial charge in [-0.05, 0) is 6.92 Å². The summed E-state index contributed by atoms with van der Waals surface area (Å²) in [5, 5.41) is 10.5. The largest absolute Gasteiger partial charge is 0.388 e. The van der Waals surface area contributed by atoms with Gasteiger partial charge in [0.2, 0.25) is 0 Å². The number of hydrogen-bond donors (Lipinski definition) is 1. The minimum Gasteiger partial charge on any atom is -0.388 e. The van der Waals surface area contributed by atoms with E-state index in [4.69, 9.17) is 4.74 Å². The molecule has 0 aliphatic carbocycles. The summed E-state index contributed by atoms with van der Waals surface area (Å²) in [6.45, 7) is 4.04. The fourth-order valence-corrected chi connectivity index (χ4v) is 2.37. The van der Waals surface area contributed by atoms with Crippen molar-refractivity contribution in [3.05, 3.63) is 22.7 Å². The van der Waals surface area contributed by atoms with Gasteiger partial charge in [0.05, 0.1) is 5.60 Å². The molecule has 1 aromatic heterocycles. The predicted molar refractivity (Wildman–Crippen MR) is 72.4 cm³/mol. The van der Waals surface area contributed by atoms with E-state index in [1.807, 2.05) is 6.92 Å². The van der Waals surface area contributed by atoms with Gasteiger partial charge >= 0.3 is 0 Å². The highest BCUT2D eigenvalue weighted by Crippen LogP contribution is 2.22. The van der Waals surface area contributed by atoms with Crippen molar-refractivity contribution in [2.45, 2.75) is 31.9 Å². The highest BCUT2D eigenvalue weighted by atomic mass is 16.5. The summed E-state index contributed by atoms with van der Waals surface area (Å²) in [5.41, 5.74) is -0.920. The summed E-state index contributed by atoms with van der Waals surface area (Å²) >= 11 is 0. The molecule has 0 aromatic carbocycles. The van der Waals surface area contributed by atoms with Gasteiger partial charge in [-0.3, -0.25) is 4.79 Å². The molecule has 2 heterocycles. The first kappa shape index (κ1) is 14.0. The summed E-state index contributed by atoms with van der Waals surface area (Å²) in [7, 11) is 1.79. The van der Waals surface area contributed by atoms with Gasteiger partial charge in [0.15, 0.2) is 5.82 Å². The molecule has 2 rings (SSSR count). The average Bonchev–Trinajstić information content (AvgIpc) is 2.39. The Kier molecular flexibility index (Phi) is 4.21. The van der Waals surface area contributed by atoms with Crippen LogP contribution in [0.5, 0.6) is 0 Å². The van der Waals surface area contributed by atoms with Crippen molar-refractivity contribution in [3.8, 4) is 0 Å². The number of aryl methyl sites for hydroxylation is 1. The van der Waals surface area contributed by atoms with Crippen molar-refractivity contribution in [3.63, 3.8) is 0 Å². The van der Waals surface area contributed by atoms with Gasteiger partial charge in [-0.1, -0.05) is 0 Å². The average molecular weight is 267 g/mol. The summed E-state index contributed by atoms with van der Waals surface area (Å²) in [6, 6.07) is 0. The molecule has 106 valence electrons. The molecule has 6 heteroatoms. The second kappa shape index (κ2) is 5.71. The van der Waals surface area contributed by atoms with Crippen molar-refractivity contribution in [1.82, 2.24) is 9.55 Å². The fourth-order valence-electron chi connectivity index (χ4n) is 2.37. The topological polar surface area (TPSA) is 67.6 Å². The maximum atomic E-state index is 12.1. The van der Waals surface area contributed by atoms with Crippen LogP contribution in [0.25, 0.3) is 0 Å². The van der Waals surface area contributed by atoms with Crippen LogP contribution in [0.3, 0.4) is 0 Å². The van der Waals surface area contributed by atoms with E-state index in [0.717, 1.165) is 0 Å². The Labute approximate surface area is 112 Å². The number of likely N-dealkylation sites (N-methyl/N-ethyl adjacent to an activating group) is 1. The van der Waals surface area contributed by atoms with Gasteiger partial charge in [-0.2, -0.15) is 0 Å². The van der Waals surface area contributed by atoms with E-state index < -0.39 is 5.60 Å². The van der Waals surface area contributed by atoms with Crippen molar-refractivity contribution < 1.29 is 9.84 Å². The molecule has 0 saturated carbocycles. The maximum absolute atomic E-state index is 12.1. The highest BCUT2D eigenvalue weighted by molar-refractivity contribution is 5.35. The second-order valence-electron chi connectivity index (χ2n) is 5.03. The van der Waals surface area contributed by atoms with Gasteiger partial charge in [0, 0.05) is 58.6 Å². The Bertz CT molecular complexity index is 480. The molecule has 1 saturated heterocycles. The summed E-state index contributed by atoms with van der Waals surface area (Å²) in [6.07, 6.45) is 4.46. The Hall–Kier alpha value is -1.40. The first-order chi connectivity index (χ1) is 9.06. The van der Waals surface area contributed by atoms with Gasteiger partial charge in [0.25, 0.3) is 5.56 Å². The van der Waals surface area contributed by atoms with Gasteiger partial charge in [0.1, 0.15) is 0 Å². The minimum absolute atomic E-state index is 0.122. The zero-order chi connectivity index (χ0) is 13.9. The van der Waals surface area contributed by atoms with Crippen molar-refractivity contribution in [1.29, 1.82) is 0 Å². The Morgan fingerprint density at radius 2 is 2.21 bits per heavy atom. The lowest BCUT2D eigenvalue weighted by atomic mass is 9.94. The van der Waals surface area contributed by atoms with Crippen LogP contribution in [0.2, 0.25) is 0 Å². The SMILES string of the molecule is CCn1ccnc(N(C)CC2(O)CCOCC2)c1=O. The zero-order valence-corrected chi connectivity index (χ0v) is 11.5. The Balaban J connectivity index is 2.15. The second-order valence-corrected chi connectivity index (χ2v) is 5.03. The van der Waals surface area contributed by atoms with Crippen LogP contribution in [0.4, 0.5) is 5.82 Å². The van der Waals surface area contributed by atoms with E-state index in [-0.39, 0.29) is 5.56 Å². The van der Waals surface area contributed by atoms with Crippen LogP contribution in [-0.2, 0) is 11.3 Å². The van der Waals surface area contributed by atoms with Gasteiger partial charge in [-0.15, -0.1) is 0 Å². The molecular formula is C13H21N3O3. The number of ether oxygens (including phenoxy) is 1. The van der Waals surface area contributed by atoms with E-state index in [2.05, 4.69) is 4.98 Å². The molecule has 6 nitrogen and oxygen atoms in total. The normalized spacial score (nSPS) is 18.3. The Morgan fingerprint density at radius 1 is 1.53 bits per heavy atom. The molecule has 1 aromatic rings.